The van der Waals surface area contributed by atoms with Crippen molar-refractivity contribution < 1.29 is 24.2 Å². The van der Waals surface area contributed by atoms with E-state index in [1.54, 1.807) is 7.11 Å². The number of nitrogens with zero attached hydrogens (tertiary/aromatic N) is 1. The number of carbonyl (C=O) groups excluding carboxylic acids is 2. The zero-order valence-corrected chi connectivity index (χ0v) is 16.6. The average molecular weight is 391 g/mol. The highest BCUT2D eigenvalue weighted by molar-refractivity contribution is 5.88. The Morgan fingerprint density at radius 2 is 1.93 bits per heavy atom. The van der Waals surface area contributed by atoms with Gasteiger partial charge in [0.25, 0.3) is 0 Å². The Morgan fingerprint density at radius 3 is 2.50 bits per heavy atom. The summed E-state index contributed by atoms with van der Waals surface area (Å²) in [6.45, 7) is 4.36. The molecule has 1 aliphatic heterocycles. The Kier molecular flexibility index (Phi) is 7.80. The highest BCUT2D eigenvalue weighted by Gasteiger charge is 2.40. The van der Waals surface area contributed by atoms with Crippen LogP contribution in [0.15, 0.2) is 30.3 Å². The van der Waals surface area contributed by atoms with Crippen LogP contribution in [0.5, 0.6) is 0 Å². The first-order valence-corrected chi connectivity index (χ1v) is 9.45. The van der Waals surface area contributed by atoms with Gasteiger partial charge in [-0.3, -0.25) is 9.59 Å². The molecule has 3 amide bonds. The Bertz CT molecular complexity index is 680. The minimum Gasteiger partial charge on any atom is -0.481 e. The molecule has 3 atom stereocenters. The number of nitrogens with one attached hydrogen (secondary N) is 2. The minimum absolute atomic E-state index is 0.142. The number of carbonyl (C=O) groups is 3. The molecule has 8 heteroatoms. The Labute approximate surface area is 165 Å². The van der Waals surface area contributed by atoms with Gasteiger partial charge < -0.3 is 25.4 Å². The van der Waals surface area contributed by atoms with Crippen LogP contribution in [0.3, 0.4) is 0 Å². The van der Waals surface area contributed by atoms with Crippen molar-refractivity contribution in [1.82, 2.24) is 15.5 Å². The standard InChI is InChI=1S/C20H29N3O5/c1-13(2)18(22-20(27)21-11-14-7-5-4-6-8-14)19(26)23-12-16(28-3)9-15(23)10-17(24)25/h4-8,13,15-16,18H,9-12H2,1-3H3,(H,24,25)(H2,21,22,27). The van der Waals surface area contributed by atoms with Gasteiger partial charge in [-0.15, -0.1) is 0 Å². The number of likely N-dealkylation sites (tertiary alicyclic amines) is 1. The number of hydrogen-bond acceptors (Lipinski definition) is 4. The van der Waals surface area contributed by atoms with Crippen LogP contribution in [0.4, 0.5) is 4.79 Å². The molecule has 154 valence electrons. The van der Waals surface area contributed by atoms with E-state index in [-0.39, 0.29) is 24.3 Å². The topological polar surface area (TPSA) is 108 Å². The SMILES string of the molecule is COC1CC(CC(=O)O)N(C(=O)C(NC(=O)NCc2ccccc2)C(C)C)C1. The summed E-state index contributed by atoms with van der Waals surface area (Å²) >= 11 is 0. The maximum Gasteiger partial charge on any atom is 0.315 e. The van der Waals surface area contributed by atoms with Crippen LogP contribution in [0.1, 0.15) is 32.3 Å². The molecule has 8 nitrogen and oxygen atoms in total. The van der Waals surface area contributed by atoms with Crippen LogP contribution in [0.25, 0.3) is 0 Å². The number of aliphatic carboxylic acids is 1. The summed E-state index contributed by atoms with van der Waals surface area (Å²) in [5, 5.41) is 14.6. The highest BCUT2D eigenvalue weighted by atomic mass is 16.5. The monoisotopic (exact) mass is 391 g/mol. The van der Waals surface area contributed by atoms with E-state index in [9.17, 15) is 14.4 Å². The summed E-state index contributed by atoms with van der Waals surface area (Å²) in [7, 11) is 1.55. The zero-order chi connectivity index (χ0) is 20.7. The third-order valence-electron chi connectivity index (χ3n) is 4.92. The van der Waals surface area contributed by atoms with Crippen LogP contribution in [0, 0.1) is 5.92 Å². The summed E-state index contributed by atoms with van der Waals surface area (Å²) in [6, 6.07) is 7.85. The molecular weight excluding hydrogens is 362 g/mol. The van der Waals surface area contributed by atoms with Crippen molar-refractivity contribution >= 4 is 17.9 Å². The molecule has 1 aromatic rings. The van der Waals surface area contributed by atoms with Crippen molar-refractivity contribution in [1.29, 1.82) is 0 Å². The molecule has 2 rings (SSSR count). The lowest BCUT2D eigenvalue weighted by Crippen LogP contribution is -2.54. The number of carboxylic acid groups (broad SMARTS) is 1. The van der Waals surface area contributed by atoms with Gasteiger partial charge in [-0.05, 0) is 17.9 Å². The number of ether oxygens (including phenoxy) is 1. The first-order valence-electron chi connectivity index (χ1n) is 9.45. The second-order valence-corrected chi connectivity index (χ2v) is 7.37. The molecule has 0 spiro atoms. The van der Waals surface area contributed by atoms with Gasteiger partial charge in [0, 0.05) is 26.2 Å². The Morgan fingerprint density at radius 1 is 1.25 bits per heavy atom. The average Bonchev–Trinajstić information content (AvgIpc) is 3.06. The lowest BCUT2D eigenvalue weighted by Gasteiger charge is -2.30. The second kappa shape index (κ2) is 10.1. The van der Waals surface area contributed by atoms with E-state index in [0.717, 1.165) is 5.56 Å². The van der Waals surface area contributed by atoms with Crippen LogP contribution in [-0.2, 0) is 20.9 Å². The van der Waals surface area contributed by atoms with Gasteiger partial charge in [-0.1, -0.05) is 44.2 Å². The molecule has 1 heterocycles. The molecule has 0 bridgehead atoms. The minimum atomic E-state index is -0.964. The normalized spacial score (nSPS) is 20.1. The van der Waals surface area contributed by atoms with Gasteiger partial charge in [0.2, 0.25) is 5.91 Å². The van der Waals surface area contributed by atoms with Gasteiger partial charge in [-0.25, -0.2) is 4.79 Å². The van der Waals surface area contributed by atoms with Gasteiger partial charge >= 0.3 is 12.0 Å². The van der Waals surface area contributed by atoms with Gasteiger partial charge in [0.15, 0.2) is 0 Å². The van der Waals surface area contributed by atoms with Gasteiger partial charge in [0.1, 0.15) is 6.04 Å². The summed E-state index contributed by atoms with van der Waals surface area (Å²) < 4.78 is 5.33. The fourth-order valence-corrected chi connectivity index (χ4v) is 3.37. The van der Waals surface area contributed by atoms with Crippen molar-refractivity contribution in [3.63, 3.8) is 0 Å². The molecule has 1 aliphatic rings. The molecule has 0 aromatic heterocycles. The van der Waals surface area contributed by atoms with Crippen molar-refractivity contribution in [2.24, 2.45) is 5.92 Å². The first-order chi connectivity index (χ1) is 13.3. The number of rotatable bonds is 8. The smallest absolute Gasteiger partial charge is 0.315 e. The predicted molar refractivity (Wildman–Crippen MR) is 104 cm³/mol. The van der Waals surface area contributed by atoms with Crippen molar-refractivity contribution in [3.05, 3.63) is 35.9 Å². The zero-order valence-electron chi connectivity index (χ0n) is 16.6. The van der Waals surface area contributed by atoms with Crippen LogP contribution >= 0.6 is 0 Å². The molecule has 1 aromatic carbocycles. The third-order valence-corrected chi connectivity index (χ3v) is 4.92. The number of amides is 3. The molecule has 0 radical (unpaired) electrons. The number of urea groups is 1. The first kappa shape index (κ1) is 21.7. The van der Waals surface area contributed by atoms with Gasteiger partial charge in [-0.2, -0.15) is 0 Å². The second-order valence-electron chi connectivity index (χ2n) is 7.37. The molecular formula is C20H29N3O5. The molecule has 1 fully saturated rings. The summed E-state index contributed by atoms with van der Waals surface area (Å²) in [6.07, 6.45) is 0.129. The van der Waals surface area contributed by atoms with E-state index in [0.29, 0.717) is 19.5 Å². The predicted octanol–water partition coefficient (Wildman–Crippen LogP) is 1.60. The van der Waals surface area contributed by atoms with Crippen LogP contribution in [-0.4, -0.2) is 59.8 Å². The van der Waals surface area contributed by atoms with Crippen molar-refractivity contribution in [3.8, 4) is 0 Å². The van der Waals surface area contributed by atoms with E-state index in [1.165, 1.54) is 4.90 Å². The molecule has 0 saturated carbocycles. The van der Waals surface area contributed by atoms with E-state index < -0.39 is 24.1 Å². The van der Waals surface area contributed by atoms with E-state index in [2.05, 4.69) is 10.6 Å². The number of carboxylic acids is 1. The molecule has 28 heavy (non-hydrogen) atoms. The van der Waals surface area contributed by atoms with Crippen molar-refractivity contribution in [2.75, 3.05) is 13.7 Å². The lowest BCUT2D eigenvalue weighted by molar-refractivity contribution is -0.140. The molecule has 0 aliphatic carbocycles. The Hall–Kier alpha value is -2.61. The number of methoxy groups -OCH3 is 1. The van der Waals surface area contributed by atoms with Crippen LogP contribution in [0.2, 0.25) is 0 Å². The Balaban J connectivity index is 2.01. The lowest BCUT2D eigenvalue weighted by atomic mass is 10.0. The summed E-state index contributed by atoms with van der Waals surface area (Å²) in [5.41, 5.74) is 0.953. The maximum atomic E-state index is 13.1. The quantitative estimate of drug-likeness (QED) is 0.624. The summed E-state index contributed by atoms with van der Waals surface area (Å²) in [5.74, 6) is -1.40. The summed E-state index contributed by atoms with van der Waals surface area (Å²) in [4.78, 5) is 38.1. The molecule has 3 unspecified atom stereocenters. The number of hydrogen-bond donors (Lipinski definition) is 3. The largest absolute Gasteiger partial charge is 0.481 e. The third kappa shape index (κ3) is 5.95. The van der Waals surface area contributed by atoms with E-state index >= 15 is 0 Å². The van der Waals surface area contributed by atoms with Gasteiger partial charge in [0.05, 0.1) is 12.5 Å². The van der Waals surface area contributed by atoms with E-state index in [1.807, 2.05) is 44.2 Å². The fourth-order valence-electron chi connectivity index (χ4n) is 3.37. The highest BCUT2D eigenvalue weighted by Crippen LogP contribution is 2.24. The van der Waals surface area contributed by atoms with Crippen LogP contribution < -0.4 is 10.6 Å². The molecule has 1 saturated heterocycles. The fraction of sp³-hybridized carbons (Fsp3) is 0.550. The maximum absolute atomic E-state index is 13.1. The molecule has 3 N–H and O–H groups in total. The number of benzene rings is 1. The van der Waals surface area contributed by atoms with Crippen molar-refractivity contribution in [2.45, 2.75) is 51.4 Å². The van der Waals surface area contributed by atoms with E-state index in [4.69, 9.17) is 9.84 Å².